The van der Waals surface area contributed by atoms with Gasteiger partial charge in [0.25, 0.3) is 5.91 Å². The number of nitrogens with one attached hydrogen (secondary N) is 1. The molecule has 5 nitrogen and oxygen atoms in total. The van der Waals surface area contributed by atoms with Gasteiger partial charge in [-0.05, 0) is 24.5 Å². The highest BCUT2D eigenvalue weighted by Gasteiger charge is 2.22. The number of rotatable bonds is 6. The van der Waals surface area contributed by atoms with Gasteiger partial charge in [0.15, 0.2) is 17.8 Å². The first-order chi connectivity index (χ1) is 10.5. The van der Waals surface area contributed by atoms with E-state index in [1.165, 1.54) is 6.39 Å². The zero-order chi connectivity index (χ0) is 16.1. The Bertz CT molecular complexity index is 640. The van der Waals surface area contributed by atoms with Gasteiger partial charge in [-0.25, -0.2) is 4.98 Å². The van der Waals surface area contributed by atoms with Crippen LogP contribution in [-0.2, 0) is 0 Å². The summed E-state index contributed by atoms with van der Waals surface area (Å²) >= 11 is 6.13. The molecular formula is C16H19ClN2O3. The summed E-state index contributed by atoms with van der Waals surface area (Å²) in [6.45, 7) is 3.93. The van der Waals surface area contributed by atoms with Crippen LogP contribution in [0.4, 0.5) is 0 Å². The van der Waals surface area contributed by atoms with E-state index in [1.54, 1.807) is 24.3 Å². The third kappa shape index (κ3) is 3.87. The number of hydrogen-bond donors (Lipinski definition) is 2. The molecule has 1 unspecified atom stereocenters. The number of halogens is 1. The fourth-order valence-corrected chi connectivity index (χ4v) is 2.47. The first-order valence-corrected chi connectivity index (χ1v) is 7.50. The number of aromatic nitrogens is 1. The molecule has 0 aliphatic rings. The number of aliphatic hydroxyl groups is 1. The van der Waals surface area contributed by atoms with Crippen LogP contribution in [0, 0.1) is 5.92 Å². The van der Waals surface area contributed by atoms with E-state index >= 15 is 0 Å². The molecule has 0 aliphatic heterocycles. The van der Waals surface area contributed by atoms with Crippen LogP contribution < -0.4 is 5.32 Å². The third-order valence-electron chi connectivity index (χ3n) is 3.21. The van der Waals surface area contributed by atoms with E-state index in [2.05, 4.69) is 10.3 Å². The number of nitrogens with zero attached hydrogens (tertiary/aromatic N) is 1. The van der Waals surface area contributed by atoms with E-state index in [1.807, 2.05) is 13.8 Å². The van der Waals surface area contributed by atoms with E-state index in [-0.39, 0.29) is 24.2 Å². The Morgan fingerprint density at radius 1 is 1.41 bits per heavy atom. The maximum absolute atomic E-state index is 12.4. The number of hydrogen-bond acceptors (Lipinski definition) is 4. The Kier molecular flexibility index (Phi) is 5.57. The molecule has 0 radical (unpaired) electrons. The largest absolute Gasteiger partial charge is 0.443 e. The van der Waals surface area contributed by atoms with Crippen LogP contribution in [0.5, 0.6) is 0 Å². The molecular weight excluding hydrogens is 304 g/mol. The van der Waals surface area contributed by atoms with Crippen LogP contribution in [0.2, 0.25) is 5.02 Å². The fraction of sp³-hybridized carbons (Fsp3) is 0.375. The van der Waals surface area contributed by atoms with E-state index in [0.717, 1.165) is 0 Å². The summed E-state index contributed by atoms with van der Waals surface area (Å²) in [5.41, 5.74) is 0.770. The van der Waals surface area contributed by atoms with Crippen molar-refractivity contribution in [2.24, 2.45) is 5.92 Å². The van der Waals surface area contributed by atoms with Crippen molar-refractivity contribution in [3.05, 3.63) is 41.4 Å². The molecule has 1 aromatic carbocycles. The fourth-order valence-electron chi connectivity index (χ4n) is 2.25. The smallest absolute Gasteiger partial charge is 0.274 e. The molecule has 1 amide bonds. The number of carbonyl (C=O) groups excluding carboxylic acids is 1. The van der Waals surface area contributed by atoms with Crippen LogP contribution in [0.1, 0.15) is 30.8 Å². The van der Waals surface area contributed by atoms with Crippen molar-refractivity contribution in [2.45, 2.75) is 26.3 Å². The molecule has 1 atom stereocenters. The van der Waals surface area contributed by atoms with Gasteiger partial charge in [-0.2, -0.15) is 0 Å². The lowest BCUT2D eigenvalue weighted by Crippen LogP contribution is -2.38. The Hall–Kier alpha value is -1.85. The maximum Gasteiger partial charge on any atom is 0.274 e. The molecule has 1 aromatic heterocycles. The van der Waals surface area contributed by atoms with E-state index in [4.69, 9.17) is 16.0 Å². The average molecular weight is 323 g/mol. The minimum Gasteiger partial charge on any atom is -0.443 e. The lowest BCUT2D eigenvalue weighted by molar-refractivity contribution is 0.0904. The lowest BCUT2D eigenvalue weighted by Gasteiger charge is -2.17. The van der Waals surface area contributed by atoms with E-state index < -0.39 is 0 Å². The van der Waals surface area contributed by atoms with Crippen LogP contribution in [-0.4, -0.2) is 28.6 Å². The molecule has 0 fully saturated rings. The van der Waals surface area contributed by atoms with Gasteiger partial charge in [0, 0.05) is 5.56 Å². The molecule has 22 heavy (non-hydrogen) atoms. The van der Waals surface area contributed by atoms with Crippen molar-refractivity contribution < 1.29 is 14.3 Å². The SMILES string of the molecule is CC(C)CC(CO)NC(=O)c1ncoc1-c1ccccc1Cl. The molecule has 0 aliphatic carbocycles. The summed E-state index contributed by atoms with van der Waals surface area (Å²) < 4.78 is 5.33. The molecule has 6 heteroatoms. The van der Waals surface area contributed by atoms with Gasteiger partial charge in [-0.15, -0.1) is 0 Å². The summed E-state index contributed by atoms with van der Waals surface area (Å²) in [7, 11) is 0. The topological polar surface area (TPSA) is 75.4 Å². The minimum atomic E-state index is -0.386. The van der Waals surface area contributed by atoms with Crippen LogP contribution in [0.15, 0.2) is 35.1 Å². The molecule has 118 valence electrons. The van der Waals surface area contributed by atoms with Gasteiger partial charge in [0.05, 0.1) is 17.7 Å². The maximum atomic E-state index is 12.4. The second-order valence-corrected chi connectivity index (χ2v) is 5.90. The van der Waals surface area contributed by atoms with Crippen LogP contribution in [0.25, 0.3) is 11.3 Å². The van der Waals surface area contributed by atoms with Gasteiger partial charge in [-0.3, -0.25) is 4.79 Å². The summed E-state index contributed by atoms with van der Waals surface area (Å²) in [6.07, 6.45) is 1.89. The van der Waals surface area contributed by atoms with Crippen LogP contribution >= 0.6 is 11.6 Å². The highest BCUT2D eigenvalue weighted by molar-refractivity contribution is 6.33. The Labute approximate surface area is 134 Å². The number of oxazole rings is 1. The molecule has 1 heterocycles. The van der Waals surface area contributed by atoms with Crippen molar-refractivity contribution in [1.29, 1.82) is 0 Å². The van der Waals surface area contributed by atoms with Gasteiger partial charge < -0.3 is 14.8 Å². The normalized spacial score (nSPS) is 12.4. The first kappa shape index (κ1) is 16.5. The second kappa shape index (κ2) is 7.42. The summed E-state index contributed by atoms with van der Waals surface area (Å²) in [5, 5.41) is 12.6. The predicted octanol–water partition coefficient (Wildman–Crippen LogP) is 3.13. The molecule has 0 bridgehead atoms. The van der Waals surface area contributed by atoms with E-state index in [9.17, 15) is 9.90 Å². The van der Waals surface area contributed by atoms with Gasteiger partial charge in [-0.1, -0.05) is 37.6 Å². The average Bonchev–Trinajstić information content (AvgIpc) is 2.95. The summed E-state index contributed by atoms with van der Waals surface area (Å²) in [5.74, 6) is 0.297. The van der Waals surface area contributed by atoms with E-state index in [0.29, 0.717) is 28.7 Å². The Morgan fingerprint density at radius 2 is 2.14 bits per heavy atom. The monoisotopic (exact) mass is 322 g/mol. The quantitative estimate of drug-likeness (QED) is 0.856. The molecule has 2 rings (SSSR count). The summed E-state index contributed by atoms with van der Waals surface area (Å²) in [6, 6.07) is 6.77. The first-order valence-electron chi connectivity index (χ1n) is 7.13. The minimum absolute atomic E-state index is 0.122. The van der Waals surface area contributed by atoms with Crippen molar-refractivity contribution in [1.82, 2.24) is 10.3 Å². The van der Waals surface area contributed by atoms with Gasteiger partial charge in [0.1, 0.15) is 0 Å². The molecule has 0 saturated heterocycles. The molecule has 2 aromatic rings. The highest BCUT2D eigenvalue weighted by Crippen LogP contribution is 2.29. The van der Waals surface area contributed by atoms with Gasteiger partial charge >= 0.3 is 0 Å². The standard InChI is InChI=1S/C16H19ClN2O3/c1-10(2)7-11(8-20)19-16(21)14-15(22-9-18-14)12-5-3-4-6-13(12)17/h3-6,9-11,20H,7-8H2,1-2H3,(H,19,21). The number of aliphatic hydroxyl groups excluding tert-OH is 1. The number of benzene rings is 1. The van der Waals surface area contributed by atoms with Crippen LogP contribution in [0.3, 0.4) is 0 Å². The second-order valence-electron chi connectivity index (χ2n) is 5.49. The Balaban J connectivity index is 2.22. The van der Waals surface area contributed by atoms with Gasteiger partial charge in [0.2, 0.25) is 0 Å². The molecule has 0 spiro atoms. The number of carbonyl (C=O) groups is 1. The third-order valence-corrected chi connectivity index (χ3v) is 3.54. The van der Waals surface area contributed by atoms with Crippen molar-refractivity contribution >= 4 is 17.5 Å². The lowest BCUT2D eigenvalue weighted by atomic mass is 10.0. The zero-order valence-corrected chi connectivity index (χ0v) is 13.3. The molecule has 2 N–H and O–H groups in total. The molecule has 0 saturated carbocycles. The predicted molar refractivity (Wildman–Crippen MR) is 84.7 cm³/mol. The van der Waals surface area contributed by atoms with Crippen molar-refractivity contribution in [2.75, 3.05) is 6.61 Å². The Morgan fingerprint density at radius 3 is 2.77 bits per heavy atom. The van der Waals surface area contributed by atoms with Crippen molar-refractivity contribution in [3.8, 4) is 11.3 Å². The van der Waals surface area contributed by atoms with Crippen molar-refractivity contribution in [3.63, 3.8) is 0 Å². The number of amides is 1. The summed E-state index contributed by atoms with van der Waals surface area (Å²) in [4.78, 5) is 16.4. The highest BCUT2D eigenvalue weighted by atomic mass is 35.5. The zero-order valence-electron chi connectivity index (χ0n) is 12.5.